The Hall–Kier alpha value is -0.980. The molecule has 1 unspecified atom stereocenters. The molecule has 1 heterocycles. The number of halogens is 3. The van der Waals surface area contributed by atoms with Gasteiger partial charge in [-0.2, -0.15) is 13.2 Å². The number of hydrogen-bond donors (Lipinski definition) is 0. The standard InChI is InChI=1S/C10H17F3N2O2/c1-14(2)6-8-4-3-5-15(8)9(16)17-7-10(11,12)13/h8H,3-7H2,1-2H3. The number of alkyl halides is 3. The Morgan fingerprint density at radius 1 is 1.47 bits per heavy atom. The topological polar surface area (TPSA) is 32.8 Å². The first-order valence-corrected chi connectivity index (χ1v) is 5.44. The van der Waals surface area contributed by atoms with Crippen molar-refractivity contribution in [1.29, 1.82) is 0 Å². The van der Waals surface area contributed by atoms with Gasteiger partial charge < -0.3 is 14.5 Å². The van der Waals surface area contributed by atoms with Crippen molar-refractivity contribution in [3.63, 3.8) is 0 Å². The summed E-state index contributed by atoms with van der Waals surface area (Å²) in [6.45, 7) is -0.409. The van der Waals surface area contributed by atoms with E-state index in [1.54, 1.807) is 0 Å². The zero-order valence-electron chi connectivity index (χ0n) is 9.96. The van der Waals surface area contributed by atoms with Crippen molar-refractivity contribution in [3.8, 4) is 0 Å². The Balaban J connectivity index is 2.44. The summed E-state index contributed by atoms with van der Waals surface area (Å²) in [5.74, 6) is 0. The summed E-state index contributed by atoms with van der Waals surface area (Å²) in [7, 11) is 3.72. The second-order valence-corrected chi connectivity index (χ2v) is 4.42. The molecule has 7 heteroatoms. The molecule has 1 amide bonds. The summed E-state index contributed by atoms with van der Waals surface area (Å²) >= 11 is 0. The van der Waals surface area contributed by atoms with E-state index < -0.39 is 18.9 Å². The van der Waals surface area contributed by atoms with E-state index in [2.05, 4.69) is 4.74 Å². The van der Waals surface area contributed by atoms with Crippen LogP contribution in [0.3, 0.4) is 0 Å². The van der Waals surface area contributed by atoms with Crippen molar-refractivity contribution in [2.75, 3.05) is 33.8 Å². The molecule has 1 atom stereocenters. The predicted molar refractivity (Wildman–Crippen MR) is 55.7 cm³/mol. The molecule has 1 fully saturated rings. The first-order valence-electron chi connectivity index (χ1n) is 5.44. The van der Waals surface area contributed by atoms with Crippen molar-refractivity contribution in [2.24, 2.45) is 0 Å². The molecule has 0 spiro atoms. The number of carbonyl (C=O) groups is 1. The van der Waals surface area contributed by atoms with Gasteiger partial charge in [0.05, 0.1) is 0 Å². The van der Waals surface area contributed by atoms with Crippen molar-refractivity contribution in [1.82, 2.24) is 9.80 Å². The molecule has 0 radical (unpaired) electrons. The predicted octanol–water partition coefficient (Wildman–Crippen LogP) is 1.71. The average molecular weight is 254 g/mol. The molecule has 0 N–H and O–H groups in total. The van der Waals surface area contributed by atoms with Crippen LogP contribution in [0.4, 0.5) is 18.0 Å². The zero-order chi connectivity index (χ0) is 13.1. The zero-order valence-corrected chi connectivity index (χ0v) is 9.96. The van der Waals surface area contributed by atoms with Crippen LogP contribution >= 0.6 is 0 Å². The van der Waals surface area contributed by atoms with Gasteiger partial charge >= 0.3 is 12.3 Å². The second kappa shape index (κ2) is 5.57. The summed E-state index contributed by atoms with van der Waals surface area (Å²) in [5.41, 5.74) is 0. The lowest BCUT2D eigenvalue weighted by Crippen LogP contribution is -2.42. The third-order valence-corrected chi connectivity index (χ3v) is 2.55. The highest BCUT2D eigenvalue weighted by molar-refractivity contribution is 5.68. The molecule has 0 aromatic carbocycles. The molecule has 1 saturated heterocycles. The normalized spacial score (nSPS) is 21.1. The maximum absolute atomic E-state index is 11.9. The molecule has 4 nitrogen and oxygen atoms in total. The Morgan fingerprint density at radius 3 is 2.65 bits per heavy atom. The van der Waals surface area contributed by atoms with Crippen LogP contribution in [0.25, 0.3) is 0 Å². The number of likely N-dealkylation sites (tertiary alicyclic amines) is 1. The molecule has 0 aromatic rings. The van der Waals surface area contributed by atoms with Crippen LogP contribution < -0.4 is 0 Å². The van der Waals surface area contributed by atoms with Crippen LogP contribution in [-0.2, 0) is 4.74 Å². The van der Waals surface area contributed by atoms with E-state index in [-0.39, 0.29) is 6.04 Å². The Bertz CT molecular complexity index is 269. The van der Waals surface area contributed by atoms with Crippen LogP contribution in [-0.4, -0.2) is 61.9 Å². The Morgan fingerprint density at radius 2 is 2.12 bits per heavy atom. The highest BCUT2D eigenvalue weighted by Crippen LogP contribution is 2.20. The van der Waals surface area contributed by atoms with E-state index in [1.165, 1.54) is 4.90 Å². The van der Waals surface area contributed by atoms with Gasteiger partial charge in [-0.25, -0.2) is 4.79 Å². The number of nitrogens with zero attached hydrogens (tertiary/aromatic N) is 2. The van der Waals surface area contributed by atoms with Gasteiger partial charge in [-0.3, -0.25) is 0 Å². The summed E-state index contributed by atoms with van der Waals surface area (Å²) in [6, 6.07) is -0.0502. The van der Waals surface area contributed by atoms with Crippen molar-refractivity contribution >= 4 is 6.09 Å². The number of hydrogen-bond acceptors (Lipinski definition) is 3. The first-order chi connectivity index (χ1) is 7.79. The summed E-state index contributed by atoms with van der Waals surface area (Å²) in [6.07, 6.45) is -3.72. The molecular weight excluding hydrogens is 237 g/mol. The van der Waals surface area contributed by atoms with E-state index in [1.807, 2.05) is 19.0 Å². The van der Waals surface area contributed by atoms with Crippen molar-refractivity contribution in [2.45, 2.75) is 25.1 Å². The lowest BCUT2D eigenvalue weighted by Gasteiger charge is -2.26. The SMILES string of the molecule is CN(C)CC1CCCN1C(=O)OCC(F)(F)F. The number of ether oxygens (including phenoxy) is 1. The highest BCUT2D eigenvalue weighted by Gasteiger charge is 2.34. The van der Waals surface area contributed by atoms with Gasteiger partial charge in [0.25, 0.3) is 0 Å². The van der Waals surface area contributed by atoms with Gasteiger partial charge in [0.1, 0.15) is 0 Å². The van der Waals surface area contributed by atoms with Crippen molar-refractivity contribution < 1.29 is 22.7 Å². The lowest BCUT2D eigenvalue weighted by atomic mass is 10.2. The van der Waals surface area contributed by atoms with E-state index in [0.717, 1.165) is 12.8 Å². The van der Waals surface area contributed by atoms with Gasteiger partial charge in [0, 0.05) is 19.1 Å². The average Bonchev–Trinajstić information content (AvgIpc) is 2.60. The minimum absolute atomic E-state index is 0.0502. The van der Waals surface area contributed by atoms with Crippen LogP contribution in [0.1, 0.15) is 12.8 Å². The molecule has 100 valence electrons. The minimum atomic E-state index is -4.47. The number of likely N-dealkylation sites (N-methyl/N-ethyl adjacent to an activating group) is 1. The lowest BCUT2D eigenvalue weighted by molar-refractivity contribution is -0.162. The third-order valence-electron chi connectivity index (χ3n) is 2.55. The molecule has 0 bridgehead atoms. The fourth-order valence-electron chi connectivity index (χ4n) is 1.91. The summed E-state index contributed by atoms with van der Waals surface area (Å²) < 4.78 is 40.0. The fourth-order valence-corrected chi connectivity index (χ4v) is 1.91. The number of amides is 1. The second-order valence-electron chi connectivity index (χ2n) is 4.42. The molecule has 0 aliphatic carbocycles. The molecule has 0 saturated carbocycles. The van der Waals surface area contributed by atoms with Crippen LogP contribution in [0.15, 0.2) is 0 Å². The molecule has 17 heavy (non-hydrogen) atoms. The maximum Gasteiger partial charge on any atom is 0.422 e. The largest absolute Gasteiger partial charge is 0.440 e. The first kappa shape index (κ1) is 14.1. The van der Waals surface area contributed by atoms with E-state index in [9.17, 15) is 18.0 Å². The minimum Gasteiger partial charge on any atom is -0.440 e. The van der Waals surface area contributed by atoms with E-state index in [4.69, 9.17) is 0 Å². The van der Waals surface area contributed by atoms with Gasteiger partial charge in [-0.1, -0.05) is 0 Å². The molecular formula is C10H17F3N2O2. The molecule has 1 aliphatic heterocycles. The fraction of sp³-hybridized carbons (Fsp3) is 0.900. The quantitative estimate of drug-likeness (QED) is 0.768. The Kier molecular flexibility index (Phi) is 4.62. The maximum atomic E-state index is 11.9. The monoisotopic (exact) mass is 254 g/mol. The summed E-state index contributed by atoms with van der Waals surface area (Å²) in [4.78, 5) is 14.8. The molecule has 0 aromatic heterocycles. The van der Waals surface area contributed by atoms with Gasteiger partial charge in [-0.15, -0.1) is 0 Å². The molecule has 1 aliphatic rings. The van der Waals surface area contributed by atoms with Crippen LogP contribution in [0, 0.1) is 0 Å². The van der Waals surface area contributed by atoms with E-state index >= 15 is 0 Å². The smallest absolute Gasteiger partial charge is 0.422 e. The molecule has 1 rings (SSSR count). The number of rotatable bonds is 3. The third kappa shape index (κ3) is 4.80. The van der Waals surface area contributed by atoms with Gasteiger partial charge in [0.2, 0.25) is 0 Å². The highest BCUT2D eigenvalue weighted by atomic mass is 19.4. The summed E-state index contributed by atoms with van der Waals surface area (Å²) in [5, 5.41) is 0. The van der Waals surface area contributed by atoms with Crippen molar-refractivity contribution in [3.05, 3.63) is 0 Å². The Labute approximate surface area is 98.3 Å². The van der Waals surface area contributed by atoms with Crippen LogP contribution in [0.5, 0.6) is 0 Å². The van der Waals surface area contributed by atoms with Crippen LogP contribution in [0.2, 0.25) is 0 Å². The van der Waals surface area contributed by atoms with Gasteiger partial charge in [-0.05, 0) is 26.9 Å². The van der Waals surface area contributed by atoms with E-state index in [0.29, 0.717) is 13.1 Å². The number of carbonyl (C=O) groups excluding carboxylic acids is 1. The van der Waals surface area contributed by atoms with Gasteiger partial charge in [0.15, 0.2) is 6.61 Å².